The van der Waals surface area contributed by atoms with Gasteiger partial charge in [-0.1, -0.05) is 41.9 Å². The van der Waals surface area contributed by atoms with Crippen molar-refractivity contribution in [3.63, 3.8) is 0 Å². The van der Waals surface area contributed by atoms with E-state index in [9.17, 15) is 14.7 Å². The highest BCUT2D eigenvalue weighted by Crippen LogP contribution is 2.42. The number of aryl methyl sites for hydroxylation is 2. The van der Waals surface area contributed by atoms with Gasteiger partial charge >= 0.3 is 0 Å². The van der Waals surface area contributed by atoms with E-state index in [1.807, 2.05) is 75.3 Å². The predicted molar refractivity (Wildman–Crippen MR) is 147 cm³/mol. The Morgan fingerprint density at radius 2 is 1.68 bits per heavy atom. The van der Waals surface area contributed by atoms with E-state index in [0.717, 1.165) is 27.9 Å². The average Bonchev–Trinajstić information content (AvgIpc) is 3.12. The number of ether oxygens (including phenoxy) is 1. The van der Waals surface area contributed by atoms with Gasteiger partial charge in [0, 0.05) is 31.4 Å². The number of likely N-dealkylation sites (tertiary alicyclic amines) is 1. The van der Waals surface area contributed by atoms with Crippen molar-refractivity contribution in [2.24, 2.45) is 0 Å². The minimum atomic E-state index is -0.742. The first kappa shape index (κ1) is 26.3. The van der Waals surface area contributed by atoms with E-state index in [1.165, 1.54) is 7.11 Å². The monoisotopic (exact) mass is 518 g/mol. The summed E-state index contributed by atoms with van der Waals surface area (Å²) < 4.78 is 5.58. The summed E-state index contributed by atoms with van der Waals surface area (Å²) in [7, 11) is 5.41. The number of aliphatic hydroxyl groups is 1. The first-order valence-corrected chi connectivity index (χ1v) is 12.5. The Labute approximate surface area is 222 Å². The van der Waals surface area contributed by atoms with Crippen molar-refractivity contribution in [2.45, 2.75) is 26.3 Å². The second-order valence-corrected chi connectivity index (χ2v) is 9.95. The van der Waals surface area contributed by atoms with Crippen molar-refractivity contribution in [3.8, 4) is 5.75 Å². The number of carbonyl (C=O) groups excluding carboxylic acids is 2. The molecule has 1 aliphatic rings. The number of nitrogens with zero attached hydrogens (tertiary/aromatic N) is 2. The van der Waals surface area contributed by atoms with Gasteiger partial charge in [0.1, 0.15) is 11.5 Å². The molecule has 1 aliphatic heterocycles. The quantitative estimate of drug-likeness (QED) is 0.247. The summed E-state index contributed by atoms with van der Waals surface area (Å²) in [5.74, 6) is -1.12. The van der Waals surface area contributed by atoms with Gasteiger partial charge in [-0.05, 0) is 72.9 Å². The van der Waals surface area contributed by atoms with Gasteiger partial charge < -0.3 is 19.6 Å². The highest BCUT2D eigenvalue weighted by atomic mass is 35.5. The van der Waals surface area contributed by atoms with Crippen LogP contribution in [-0.4, -0.2) is 49.4 Å². The number of rotatable bonds is 7. The summed E-state index contributed by atoms with van der Waals surface area (Å²) >= 11 is 6.02. The van der Waals surface area contributed by atoms with Gasteiger partial charge in [0.05, 0.1) is 24.3 Å². The van der Waals surface area contributed by atoms with E-state index in [4.69, 9.17) is 16.3 Å². The molecule has 0 aromatic heterocycles. The second-order valence-electron chi connectivity index (χ2n) is 9.52. The molecular formula is C30H31ClN2O4. The molecule has 37 heavy (non-hydrogen) atoms. The van der Waals surface area contributed by atoms with Crippen LogP contribution in [0.4, 0.5) is 5.69 Å². The summed E-state index contributed by atoms with van der Waals surface area (Å²) in [6, 6.07) is 18.0. The van der Waals surface area contributed by atoms with Gasteiger partial charge in [-0.3, -0.25) is 9.59 Å². The van der Waals surface area contributed by atoms with Crippen molar-refractivity contribution < 1.29 is 19.4 Å². The molecule has 0 aliphatic carbocycles. The van der Waals surface area contributed by atoms with Crippen molar-refractivity contribution >= 4 is 34.7 Å². The number of amides is 1. The fourth-order valence-electron chi connectivity index (χ4n) is 4.86. The van der Waals surface area contributed by atoms with Gasteiger partial charge in [-0.2, -0.15) is 0 Å². The van der Waals surface area contributed by atoms with Gasteiger partial charge in [0.25, 0.3) is 11.7 Å². The first-order valence-electron chi connectivity index (χ1n) is 12.1. The average molecular weight is 519 g/mol. The zero-order chi connectivity index (χ0) is 26.9. The SMILES string of the molecule is COc1c(C)cc(C)cc1/C(O)=C1\C(=O)C(=O)N(CCc2ccc(Cl)cc2)C1c1ccc(N(C)C)cc1. The molecule has 7 heteroatoms. The lowest BCUT2D eigenvalue weighted by Gasteiger charge is -2.26. The number of hydrogen-bond donors (Lipinski definition) is 1. The number of halogens is 1. The van der Waals surface area contributed by atoms with E-state index < -0.39 is 17.7 Å². The third-order valence-corrected chi connectivity index (χ3v) is 6.95. The normalized spacial score (nSPS) is 16.8. The van der Waals surface area contributed by atoms with Crippen LogP contribution in [-0.2, 0) is 16.0 Å². The molecule has 0 saturated carbocycles. The zero-order valence-electron chi connectivity index (χ0n) is 21.7. The Kier molecular flexibility index (Phi) is 7.60. The van der Waals surface area contributed by atoms with Crippen molar-refractivity contribution in [1.82, 2.24) is 4.90 Å². The molecule has 1 unspecified atom stereocenters. The molecule has 1 N–H and O–H groups in total. The summed E-state index contributed by atoms with van der Waals surface area (Å²) in [5.41, 5.74) is 4.90. The first-order chi connectivity index (χ1) is 17.6. The summed E-state index contributed by atoms with van der Waals surface area (Å²) in [4.78, 5) is 30.3. The minimum Gasteiger partial charge on any atom is -0.507 e. The molecule has 1 amide bonds. The van der Waals surface area contributed by atoms with Crippen LogP contribution < -0.4 is 9.64 Å². The van der Waals surface area contributed by atoms with E-state index in [0.29, 0.717) is 29.3 Å². The van der Waals surface area contributed by atoms with Gasteiger partial charge in [-0.25, -0.2) is 0 Å². The van der Waals surface area contributed by atoms with Gasteiger partial charge in [0.15, 0.2) is 0 Å². The predicted octanol–water partition coefficient (Wildman–Crippen LogP) is 5.70. The molecule has 3 aromatic carbocycles. The van der Waals surface area contributed by atoms with Crippen LogP contribution in [0.1, 0.15) is 33.9 Å². The van der Waals surface area contributed by atoms with E-state index in [1.54, 1.807) is 23.1 Å². The fourth-order valence-corrected chi connectivity index (χ4v) is 4.98. The van der Waals surface area contributed by atoms with Crippen LogP contribution in [0.5, 0.6) is 5.75 Å². The Hall–Kier alpha value is -3.77. The number of carbonyl (C=O) groups is 2. The van der Waals surface area contributed by atoms with Crippen LogP contribution in [0.3, 0.4) is 0 Å². The number of benzene rings is 3. The Bertz CT molecular complexity index is 1360. The maximum atomic E-state index is 13.4. The number of anilines is 1. The largest absolute Gasteiger partial charge is 0.507 e. The third-order valence-electron chi connectivity index (χ3n) is 6.70. The summed E-state index contributed by atoms with van der Waals surface area (Å²) in [6.07, 6.45) is 0.531. The lowest BCUT2D eigenvalue weighted by molar-refractivity contribution is -0.139. The molecule has 1 saturated heterocycles. The lowest BCUT2D eigenvalue weighted by Crippen LogP contribution is -2.31. The molecule has 4 rings (SSSR count). The number of aliphatic hydroxyl groups excluding tert-OH is 1. The van der Waals surface area contributed by atoms with E-state index in [-0.39, 0.29) is 11.3 Å². The smallest absolute Gasteiger partial charge is 0.295 e. The molecule has 3 aromatic rings. The van der Waals surface area contributed by atoms with Crippen LogP contribution in [0.2, 0.25) is 5.02 Å². The lowest BCUT2D eigenvalue weighted by atomic mass is 9.93. The number of ketones is 1. The molecular weight excluding hydrogens is 488 g/mol. The van der Waals surface area contributed by atoms with E-state index >= 15 is 0 Å². The number of methoxy groups -OCH3 is 1. The second kappa shape index (κ2) is 10.7. The number of Topliss-reactive ketones (excluding diaryl/α,β-unsaturated/α-hetero) is 1. The summed E-state index contributed by atoms with van der Waals surface area (Å²) in [6.45, 7) is 4.09. The third kappa shape index (κ3) is 5.20. The van der Waals surface area contributed by atoms with E-state index in [2.05, 4.69) is 0 Å². The minimum absolute atomic E-state index is 0.0574. The maximum Gasteiger partial charge on any atom is 0.295 e. The van der Waals surface area contributed by atoms with Crippen molar-refractivity contribution in [1.29, 1.82) is 0 Å². The van der Waals surface area contributed by atoms with Crippen LogP contribution >= 0.6 is 11.6 Å². The Morgan fingerprint density at radius 3 is 2.27 bits per heavy atom. The molecule has 0 bridgehead atoms. The van der Waals surface area contributed by atoms with Crippen LogP contribution in [0, 0.1) is 13.8 Å². The Morgan fingerprint density at radius 1 is 1.03 bits per heavy atom. The molecule has 6 nitrogen and oxygen atoms in total. The molecule has 1 heterocycles. The summed E-state index contributed by atoms with van der Waals surface area (Å²) in [5, 5.41) is 12.2. The molecule has 0 radical (unpaired) electrons. The number of hydrogen-bond acceptors (Lipinski definition) is 5. The molecule has 1 atom stereocenters. The van der Waals surface area contributed by atoms with Gasteiger partial charge in [-0.15, -0.1) is 0 Å². The topological polar surface area (TPSA) is 70.1 Å². The zero-order valence-corrected chi connectivity index (χ0v) is 22.5. The van der Waals surface area contributed by atoms with Crippen LogP contribution in [0.15, 0.2) is 66.2 Å². The highest BCUT2D eigenvalue weighted by molar-refractivity contribution is 6.46. The standard InChI is InChI=1S/C30H31ClN2O4/c1-18-16-19(2)29(37-5)24(17-18)27(34)25-26(21-8-12-23(13-9-21)32(3)4)33(30(36)28(25)35)15-14-20-6-10-22(31)11-7-20/h6-13,16-17,26,34H,14-15H2,1-5H3/b27-25+. The maximum absolute atomic E-state index is 13.4. The molecule has 0 spiro atoms. The highest BCUT2D eigenvalue weighted by Gasteiger charge is 2.46. The van der Waals surface area contributed by atoms with Crippen LogP contribution in [0.25, 0.3) is 5.76 Å². The molecule has 192 valence electrons. The van der Waals surface area contributed by atoms with Crippen molar-refractivity contribution in [2.75, 3.05) is 32.6 Å². The molecule has 1 fully saturated rings. The Balaban J connectivity index is 1.84. The fraction of sp³-hybridized carbons (Fsp3) is 0.267. The van der Waals surface area contributed by atoms with Gasteiger partial charge in [0.2, 0.25) is 0 Å². The van der Waals surface area contributed by atoms with Crippen molar-refractivity contribution in [3.05, 3.63) is 99.1 Å².